The number of carbonyl (C=O) groups is 2. The van der Waals surface area contributed by atoms with Gasteiger partial charge in [-0.3, -0.25) is 9.59 Å². The molecule has 5 nitrogen and oxygen atoms in total. The number of ether oxygens (including phenoxy) is 1. The number of thiophene rings is 1. The van der Waals surface area contributed by atoms with E-state index in [4.69, 9.17) is 4.74 Å². The first-order valence-electron chi connectivity index (χ1n) is 10.1. The first-order valence-corrected chi connectivity index (χ1v) is 11.1. The van der Waals surface area contributed by atoms with Gasteiger partial charge in [0.1, 0.15) is 24.7 Å². The van der Waals surface area contributed by atoms with E-state index in [1.54, 1.807) is 28.4 Å². The number of anilines is 1. The fraction of sp³-hybridized carbons (Fsp3) is 0.250. The standard InChI is InChI=1S/C24H21FN2O3S/c25-17-5-7-18(8-6-17)30-15-24-11-20(24)19-3-1-2-4-21(19)27(23(24)29)13-22(28)26-12-16-9-10-31-14-16/h1-10,14,20H,11-13,15H2,(H,26,28)/t20-,24+/m0/s1. The summed E-state index contributed by atoms with van der Waals surface area (Å²) in [4.78, 5) is 27.7. The van der Waals surface area contributed by atoms with E-state index in [2.05, 4.69) is 5.32 Å². The molecule has 1 aliphatic carbocycles. The van der Waals surface area contributed by atoms with E-state index >= 15 is 0 Å². The van der Waals surface area contributed by atoms with E-state index in [-0.39, 0.29) is 36.7 Å². The molecule has 158 valence electrons. The van der Waals surface area contributed by atoms with Crippen LogP contribution >= 0.6 is 11.3 Å². The van der Waals surface area contributed by atoms with E-state index in [0.29, 0.717) is 18.7 Å². The van der Waals surface area contributed by atoms with Crippen LogP contribution in [0.5, 0.6) is 5.75 Å². The summed E-state index contributed by atoms with van der Waals surface area (Å²) >= 11 is 1.58. The van der Waals surface area contributed by atoms with Gasteiger partial charge in [0.05, 0.1) is 5.41 Å². The number of amides is 2. The Morgan fingerprint density at radius 2 is 2.00 bits per heavy atom. The Bertz CT molecular complexity index is 1120. The molecule has 1 aromatic heterocycles. The maximum atomic E-state index is 13.5. The van der Waals surface area contributed by atoms with Crippen molar-refractivity contribution in [3.8, 4) is 5.75 Å². The van der Waals surface area contributed by atoms with Gasteiger partial charge < -0.3 is 15.0 Å². The van der Waals surface area contributed by atoms with E-state index < -0.39 is 5.41 Å². The van der Waals surface area contributed by atoms with E-state index in [0.717, 1.165) is 16.8 Å². The Hall–Kier alpha value is -3.19. The third-order valence-corrected chi connectivity index (χ3v) is 6.76. The van der Waals surface area contributed by atoms with E-state index in [1.165, 1.54) is 12.1 Å². The van der Waals surface area contributed by atoms with Crippen LogP contribution in [0.2, 0.25) is 0 Å². The quantitative estimate of drug-likeness (QED) is 0.607. The van der Waals surface area contributed by atoms with Crippen LogP contribution in [0.25, 0.3) is 0 Å². The van der Waals surface area contributed by atoms with Gasteiger partial charge in [-0.15, -0.1) is 0 Å². The molecule has 1 fully saturated rings. The minimum absolute atomic E-state index is 0.0367. The lowest BCUT2D eigenvalue weighted by molar-refractivity contribution is -0.128. The van der Waals surface area contributed by atoms with Gasteiger partial charge in [0.15, 0.2) is 0 Å². The molecule has 0 spiro atoms. The number of nitrogens with zero attached hydrogens (tertiary/aromatic N) is 1. The first-order chi connectivity index (χ1) is 15.1. The zero-order chi connectivity index (χ0) is 21.4. The van der Waals surface area contributed by atoms with Crippen LogP contribution in [0.4, 0.5) is 10.1 Å². The SMILES string of the molecule is O=C(CN1C(=O)[C@@]2(COc3ccc(F)cc3)C[C@H]2c2ccccc21)NCc1ccsc1. The molecule has 2 heterocycles. The molecule has 7 heteroatoms. The number of rotatable bonds is 7. The summed E-state index contributed by atoms with van der Waals surface area (Å²) in [5.41, 5.74) is 2.21. The van der Waals surface area contributed by atoms with Gasteiger partial charge in [0.2, 0.25) is 11.8 Å². The second kappa shape index (κ2) is 7.81. The average molecular weight is 437 g/mol. The molecule has 2 atom stereocenters. The van der Waals surface area contributed by atoms with Gasteiger partial charge in [-0.05, 0) is 64.7 Å². The summed E-state index contributed by atoms with van der Waals surface area (Å²) in [6.07, 6.45) is 0.678. The molecule has 0 saturated heterocycles. The maximum Gasteiger partial charge on any atom is 0.240 e. The predicted molar refractivity (Wildman–Crippen MR) is 117 cm³/mol. The fourth-order valence-electron chi connectivity index (χ4n) is 4.27. The molecule has 2 aliphatic rings. The predicted octanol–water partition coefficient (Wildman–Crippen LogP) is 4.10. The molecule has 3 aromatic rings. The molecule has 31 heavy (non-hydrogen) atoms. The van der Waals surface area contributed by atoms with Crippen LogP contribution in [-0.4, -0.2) is 25.0 Å². The van der Waals surface area contributed by atoms with Crippen molar-refractivity contribution in [2.75, 3.05) is 18.1 Å². The van der Waals surface area contributed by atoms with Gasteiger partial charge in [-0.2, -0.15) is 11.3 Å². The van der Waals surface area contributed by atoms with Crippen molar-refractivity contribution in [1.82, 2.24) is 5.32 Å². The number of fused-ring (bicyclic) bond motifs is 3. The summed E-state index contributed by atoms with van der Waals surface area (Å²) in [5.74, 6) is -0.0425. The van der Waals surface area contributed by atoms with Gasteiger partial charge in [0, 0.05) is 18.2 Å². The van der Waals surface area contributed by atoms with Gasteiger partial charge >= 0.3 is 0 Å². The number of carbonyl (C=O) groups excluding carboxylic acids is 2. The number of nitrogens with one attached hydrogen (secondary N) is 1. The first kappa shape index (κ1) is 19.8. The highest BCUT2D eigenvalue weighted by Gasteiger charge is 2.66. The Labute approximate surface area is 183 Å². The zero-order valence-electron chi connectivity index (χ0n) is 16.7. The lowest BCUT2D eigenvalue weighted by Crippen LogP contribution is -2.48. The molecular formula is C24H21FN2O3S. The van der Waals surface area contributed by atoms with Crippen molar-refractivity contribution in [2.24, 2.45) is 5.41 Å². The summed E-state index contributed by atoms with van der Waals surface area (Å²) in [6.45, 7) is 0.599. The highest BCUT2D eigenvalue weighted by atomic mass is 32.1. The summed E-state index contributed by atoms with van der Waals surface area (Å²) < 4.78 is 19.0. The summed E-state index contributed by atoms with van der Waals surface area (Å²) in [6, 6.07) is 15.5. The van der Waals surface area contributed by atoms with Crippen molar-refractivity contribution in [2.45, 2.75) is 18.9 Å². The zero-order valence-corrected chi connectivity index (χ0v) is 17.5. The second-order valence-electron chi connectivity index (χ2n) is 8.01. The van der Waals surface area contributed by atoms with Crippen molar-refractivity contribution in [3.63, 3.8) is 0 Å². The highest BCUT2D eigenvalue weighted by molar-refractivity contribution is 7.07. The van der Waals surface area contributed by atoms with Gasteiger partial charge in [-0.25, -0.2) is 4.39 Å². The molecular weight excluding hydrogens is 415 g/mol. The van der Waals surface area contributed by atoms with Crippen molar-refractivity contribution in [3.05, 3.63) is 82.3 Å². The molecule has 2 amide bonds. The summed E-state index contributed by atoms with van der Waals surface area (Å²) in [5, 5.41) is 6.84. The topological polar surface area (TPSA) is 58.6 Å². The molecule has 5 rings (SSSR count). The monoisotopic (exact) mass is 436 g/mol. The van der Waals surface area contributed by atoms with E-state index in [1.807, 2.05) is 41.1 Å². The Morgan fingerprint density at radius 1 is 1.19 bits per heavy atom. The molecule has 0 unspecified atom stereocenters. The third kappa shape index (κ3) is 3.70. The number of para-hydroxylation sites is 1. The average Bonchev–Trinajstić information content (AvgIpc) is 3.30. The molecule has 1 saturated carbocycles. The minimum Gasteiger partial charge on any atom is -0.492 e. The lowest BCUT2D eigenvalue weighted by atomic mass is 9.92. The normalized spacial score (nSPS) is 21.3. The number of benzene rings is 2. The smallest absolute Gasteiger partial charge is 0.240 e. The number of hydrogen-bond donors (Lipinski definition) is 1. The Morgan fingerprint density at radius 3 is 2.77 bits per heavy atom. The molecule has 0 bridgehead atoms. The van der Waals surface area contributed by atoms with Crippen LogP contribution in [0.3, 0.4) is 0 Å². The van der Waals surface area contributed by atoms with Crippen LogP contribution < -0.4 is 15.0 Å². The molecule has 1 aliphatic heterocycles. The largest absolute Gasteiger partial charge is 0.492 e. The third-order valence-electron chi connectivity index (χ3n) is 6.03. The van der Waals surface area contributed by atoms with Gasteiger partial charge in [0.25, 0.3) is 0 Å². The molecule has 0 radical (unpaired) electrons. The van der Waals surface area contributed by atoms with Crippen molar-refractivity contribution >= 4 is 28.8 Å². The maximum absolute atomic E-state index is 13.5. The van der Waals surface area contributed by atoms with Crippen LogP contribution in [0, 0.1) is 11.2 Å². The highest BCUT2D eigenvalue weighted by Crippen LogP contribution is 2.65. The number of halogens is 1. The lowest BCUT2D eigenvalue weighted by Gasteiger charge is -2.33. The molecule has 1 N–H and O–H groups in total. The van der Waals surface area contributed by atoms with E-state index in [9.17, 15) is 14.0 Å². The Kier molecular flexibility index (Phi) is 4.98. The second-order valence-corrected chi connectivity index (χ2v) is 8.79. The summed E-state index contributed by atoms with van der Waals surface area (Å²) in [7, 11) is 0. The van der Waals surface area contributed by atoms with Crippen molar-refractivity contribution in [1.29, 1.82) is 0 Å². The van der Waals surface area contributed by atoms with Crippen LogP contribution in [-0.2, 0) is 16.1 Å². The van der Waals surface area contributed by atoms with Gasteiger partial charge in [-0.1, -0.05) is 18.2 Å². The van der Waals surface area contributed by atoms with Crippen LogP contribution in [0.15, 0.2) is 65.4 Å². The Balaban J connectivity index is 1.33. The van der Waals surface area contributed by atoms with Crippen molar-refractivity contribution < 1.29 is 18.7 Å². The molecule has 2 aromatic carbocycles. The minimum atomic E-state index is -0.684. The number of hydrogen-bond acceptors (Lipinski definition) is 4. The fourth-order valence-corrected chi connectivity index (χ4v) is 4.94. The van der Waals surface area contributed by atoms with Crippen LogP contribution in [0.1, 0.15) is 23.5 Å².